The van der Waals surface area contributed by atoms with Crippen molar-refractivity contribution in [2.45, 2.75) is 27.7 Å². The number of fused-ring (bicyclic) bond motifs is 1. The van der Waals surface area contributed by atoms with Crippen molar-refractivity contribution in [1.82, 2.24) is 0 Å². The van der Waals surface area contributed by atoms with E-state index in [1.807, 2.05) is 32.0 Å². The van der Waals surface area contributed by atoms with Crippen molar-refractivity contribution in [1.29, 1.82) is 0 Å². The van der Waals surface area contributed by atoms with Crippen molar-refractivity contribution in [3.63, 3.8) is 0 Å². The van der Waals surface area contributed by atoms with Crippen LogP contribution in [0.3, 0.4) is 0 Å². The van der Waals surface area contributed by atoms with E-state index < -0.39 is 0 Å². The van der Waals surface area contributed by atoms with E-state index in [2.05, 4.69) is 19.2 Å². The third-order valence-corrected chi connectivity index (χ3v) is 4.16. The van der Waals surface area contributed by atoms with Crippen LogP contribution < -0.4 is 14.8 Å². The Morgan fingerprint density at radius 2 is 1.62 bits per heavy atom. The molecule has 0 bridgehead atoms. The van der Waals surface area contributed by atoms with Gasteiger partial charge in [-0.1, -0.05) is 32.0 Å². The second-order valence-electron chi connectivity index (χ2n) is 7.12. The van der Waals surface area contributed by atoms with Crippen LogP contribution in [0.1, 0.15) is 35.3 Å². The minimum absolute atomic E-state index is 0.0558. The first kappa shape index (κ1) is 16.4. The number of carbonyl (C=O) groups is 1. The summed E-state index contributed by atoms with van der Waals surface area (Å²) in [6.45, 7) is 9.30. The number of anilines is 1. The van der Waals surface area contributed by atoms with Crippen molar-refractivity contribution in [2.24, 2.45) is 5.41 Å². The lowest BCUT2D eigenvalue weighted by molar-refractivity contribution is 0.102. The molecule has 1 N–H and O–H groups in total. The molecule has 1 heterocycles. The average Bonchev–Trinajstić information content (AvgIpc) is 2.69. The molecule has 4 heteroatoms. The summed E-state index contributed by atoms with van der Waals surface area (Å²) in [5, 5.41) is 3.00. The second-order valence-corrected chi connectivity index (χ2v) is 7.12. The van der Waals surface area contributed by atoms with Gasteiger partial charge in [-0.3, -0.25) is 4.79 Å². The summed E-state index contributed by atoms with van der Waals surface area (Å²) in [5.74, 6) is 1.15. The van der Waals surface area contributed by atoms with Gasteiger partial charge in [0, 0.05) is 16.7 Å². The van der Waals surface area contributed by atoms with Crippen LogP contribution in [0.15, 0.2) is 36.4 Å². The molecule has 1 aliphatic rings. The second kappa shape index (κ2) is 6.19. The van der Waals surface area contributed by atoms with Gasteiger partial charge in [0.15, 0.2) is 11.5 Å². The van der Waals surface area contributed by atoms with Gasteiger partial charge in [0.2, 0.25) is 0 Å². The Kier molecular flexibility index (Phi) is 4.22. The third-order valence-electron chi connectivity index (χ3n) is 4.16. The number of amides is 1. The molecule has 2 aromatic carbocycles. The summed E-state index contributed by atoms with van der Waals surface area (Å²) < 4.78 is 11.6. The standard InChI is InChI=1S/C20H23NO3/c1-13-6-5-7-14(2)18(13)21-19(22)15-8-9-16-17(10-15)24-12-20(3,4)11-23-16/h5-10H,11-12H2,1-4H3,(H,21,22). The molecule has 0 fully saturated rings. The van der Waals surface area contributed by atoms with Gasteiger partial charge in [-0.15, -0.1) is 0 Å². The van der Waals surface area contributed by atoms with Gasteiger partial charge in [-0.2, -0.15) is 0 Å². The highest BCUT2D eigenvalue weighted by atomic mass is 16.5. The largest absolute Gasteiger partial charge is 0.489 e. The Balaban J connectivity index is 1.83. The predicted octanol–water partition coefficient (Wildman–Crippen LogP) is 4.35. The van der Waals surface area contributed by atoms with Crippen LogP contribution in [0, 0.1) is 19.3 Å². The molecule has 1 amide bonds. The molecule has 24 heavy (non-hydrogen) atoms. The summed E-state index contributed by atoms with van der Waals surface area (Å²) in [4.78, 5) is 12.6. The highest BCUT2D eigenvalue weighted by molar-refractivity contribution is 6.05. The molecule has 126 valence electrons. The molecule has 1 aliphatic heterocycles. The maximum absolute atomic E-state index is 12.6. The Bertz CT molecular complexity index is 760. The van der Waals surface area contributed by atoms with Crippen LogP contribution in [0.25, 0.3) is 0 Å². The number of ether oxygens (including phenoxy) is 2. The van der Waals surface area contributed by atoms with Crippen molar-refractivity contribution >= 4 is 11.6 Å². The molecule has 0 spiro atoms. The van der Waals surface area contributed by atoms with Crippen molar-refractivity contribution in [2.75, 3.05) is 18.5 Å². The van der Waals surface area contributed by atoms with E-state index in [1.165, 1.54) is 0 Å². The Hall–Kier alpha value is -2.49. The van der Waals surface area contributed by atoms with Crippen LogP contribution in [0.4, 0.5) is 5.69 Å². The molecule has 2 aromatic rings. The lowest BCUT2D eigenvalue weighted by atomic mass is 9.97. The predicted molar refractivity (Wildman–Crippen MR) is 95.1 cm³/mol. The Morgan fingerprint density at radius 3 is 2.29 bits per heavy atom. The SMILES string of the molecule is Cc1cccc(C)c1NC(=O)c1ccc2c(c1)OCC(C)(C)CO2. The monoisotopic (exact) mass is 325 g/mol. The fourth-order valence-electron chi connectivity index (χ4n) is 2.67. The van der Waals surface area contributed by atoms with Crippen molar-refractivity contribution in [3.05, 3.63) is 53.1 Å². The van der Waals surface area contributed by atoms with Gasteiger partial charge >= 0.3 is 0 Å². The molecule has 4 nitrogen and oxygen atoms in total. The van der Waals surface area contributed by atoms with Crippen LogP contribution >= 0.6 is 0 Å². The van der Waals surface area contributed by atoms with Gasteiger partial charge in [0.05, 0.1) is 13.2 Å². The van der Waals surface area contributed by atoms with Crippen molar-refractivity contribution in [3.8, 4) is 11.5 Å². The number of hydrogen-bond acceptors (Lipinski definition) is 3. The highest BCUT2D eigenvalue weighted by Crippen LogP contribution is 2.34. The summed E-state index contributed by atoms with van der Waals surface area (Å²) >= 11 is 0. The Labute approximate surface area is 142 Å². The Morgan fingerprint density at radius 1 is 1.00 bits per heavy atom. The lowest BCUT2D eigenvalue weighted by Gasteiger charge is -2.19. The van der Waals surface area contributed by atoms with E-state index in [9.17, 15) is 4.79 Å². The lowest BCUT2D eigenvalue weighted by Crippen LogP contribution is -2.26. The van der Waals surface area contributed by atoms with E-state index in [0.717, 1.165) is 16.8 Å². The molecule has 3 rings (SSSR count). The van der Waals surface area contributed by atoms with E-state index in [0.29, 0.717) is 30.3 Å². The molecular weight excluding hydrogens is 302 g/mol. The fourth-order valence-corrected chi connectivity index (χ4v) is 2.67. The van der Waals surface area contributed by atoms with Crippen LogP contribution in [-0.2, 0) is 0 Å². The number of benzene rings is 2. The normalized spacial score (nSPS) is 15.5. The zero-order valence-corrected chi connectivity index (χ0v) is 14.6. The summed E-state index contributed by atoms with van der Waals surface area (Å²) in [7, 11) is 0. The van der Waals surface area contributed by atoms with Crippen LogP contribution in [0.2, 0.25) is 0 Å². The average molecular weight is 325 g/mol. The van der Waals surface area contributed by atoms with Gasteiger partial charge in [0.1, 0.15) is 0 Å². The number of para-hydroxylation sites is 1. The van der Waals surface area contributed by atoms with Gasteiger partial charge < -0.3 is 14.8 Å². The molecule has 0 unspecified atom stereocenters. The first-order valence-corrected chi connectivity index (χ1v) is 8.13. The molecule has 0 radical (unpaired) electrons. The third kappa shape index (κ3) is 3.37. The van der Waals surface area contributed by atoms with E-state index in [1.54, 1.807) is 18.2 Å². The number of aryl methyl sites for hydroxylation is 2. The number of carbonyl (C=O) groups excluding carboxylic acids is 1. The van der Waals surface area contributed by atoms with Crippen molar-refractivity contribution < 1.29 is 14.3 Å². The summed E-state index contributed by atoms with van der Waals surface area (Å²) in [5.41, 5.74) is 3.44. The maximum Gasteiger partial charge on any atom is 0.255 e. The van der Waals surface area contributed by atoms with Gasteiger partial charge in [-0.05, 0) is 43.2 Å². The van der Waals surface area contributed by atoms with E-state index in [-0.39, 0.29) is 11.3 Å². The van der Waals surface area contributed by atoms with Gasteiger partial charge in [0.25, 0.3) is 5.91 Å². The first-order chi connectivity index (χ1) is 11.4. The fraction of sp³-hybridized carbons (Fsp3) is 0.350. The topological polar surface area (TPSA) is 47.6 Å². The maximum atomic E-state index is 12.6. The minimum atomic E-state index is -0.151. The molecular formula is C20H23NO3. The first-order valence-electron chi connectivity index (χ1n) is 8.13. The quantitative estimate of drug-likeness (QED) is 0.893. The van der Waals surface area contributed by atoms with E-state index >= 15 is 0 Å². The number of rotatable bonds is 2. The number of nitrogens with one attached hydrogen (secondary N) is 1. The van der Waals surface area contributed by atoms with Gasteiger partial charge in [-0.25, -0.2) is 0 Å². The zero-order valence-electron chi connectivity index (χ0n) is 14.6. The van der Waals surface area contributed by atoms with Crippen LogP contribution in [-0.4, -0.2) is 19.1 Å². The smallest absolute Gasteiger partial charge is 0.255 e. The summed E-state index contributed by atoms with van der Waals surface area (Å²) in [6.07, 6.45) is 0. The molecule has 0 aromatic heterocycles. The molecule has 0 saturated carbocycles. The molecule has 0 aliphatic carbocycles. The minimum Gasteiger partial charge on any atom is -0.489 e. The molecule has 0 atom stereocenters. The summed E-state index contributed by atoms with van der Waals surface area (Å²) in [6, 6.07) is 11.3. The zero-order chi connectivity index (χ0) is 17.3. The van der Waals surface area contributed by atoms with Crippen LogP contribution in [0.5, 0.6) is 11.5 Å². The number of hydrogen-bond donors (Lipinski definition) is 1. The molecule has 0 saturated heterocycles. The van der Waals surface area contributed by atoms with E-state index in [4.69, 9.17) is 9.47 Å². The highest BCUT2D eigenvalue weighted by Gasteiger charge is 2.25.